The summed E-state index contributed by atoms with van der Waals surface area (Å²) in [4.78, 5) is 25.3. The maximum absolute atomic E-state index is 12.7. The number of hydrogen-bond acceptors (Lipinski definition) is 3. The second kappa shape index (κ2) is 6.93. The van der Waals surface area contributed by atoms with Crippen LogP contribution < -0.4 is 10.6 Å². The van der Waals surface area contributed by atoms with Gasteiger partial charge in [0.05, 0.1) is 0 Å². The lowest BCUT2D eigenvalue weighted by Gasteiger charge is -2.21. The number of carbonyl (C=O) groups is 2. The summed E-state index contributed by atoms with van der Waals surface area (Å²) in [7, 11) is 0. The molecule has 1 heterocycles. The van der Waals surface area contributed by atoms with Crippen LogP contribution in [0, 0.1) is 6.92 Å². The van der Waals surface area contributed by atoms with Crippen LogP contribution in [-0.2, 0) is 11.2 Å². The first-order valence-electron chi connectivity index (χ1n) is 7.26. The van der Waals surface area contributed by atoms with E-state index in [0.717, 1.165) is 23.4 Å². The number of nitrogens with two attached hydrogens (primary N) is 1. The summed E-state index contributed by atoms with van der Waals surface area (Å²) in [5.41, 5.74) is 6.97. The quantitative estimate of drug-likeness (QED) is 0.891. The lowest BCUT2D eigenvalue weighted by Crippen LogP contribution is -2.34. The van der Waals surface area contributed by atoms with Gasteiger partial charge in [0.25, 0.3) is 5.91 Å². The first kappa shape index (κ1) is 15.8. The molecule has 2 N–H and O–H groups in total. The van der Waals surface area contributed by atoms with Gasteiger partial charge in [-0.05, 0) is 36.8 Å². The maximum Gasteiger partial charge on any atom is 0.293 e. The zero-order valence-electron chi connectivity index (χ0n) is 12.8. The summed E-state index contributed by atoms with van der Waals surface area (Å²) in [6.07, 6.45) is 0.819. The van der Waals surface area contributed by atoms with Gasteiger partial charge in [0.15, 0.2) is 5.76 Å². The molecule has 0 unspecified atom stereocenters. The summed E-state index contributed by atoms with van der Waals surface area (Å²) in [5, 5.41) is 0. The average Bonchev–Trinajstić information content (AvgIpc) is 2.96. The number of amides is 2. The molecule has 0 bridgehead atoms. The normalized spacial score (nSPS) is 10.5. The van der Waals surface area contributed by atoms with Gasteiger partial charge in [-0.3, -0.25) is 9.59 Å². The van der Waals surface area contributed by atoms with E-state index in [9.17, 15) is 9.59 Å². The standard InChI is InChI=1S/C17H20N2O3/c1-3-14-7-8-15(22-14)17(21)19(10-9-16(18)20)13-6-4-5-12(2)11-13/h4-8,11H,3,9-10H2,1-2H3,(H2,18,20). The molecule has 0 aliphatic carbocycles. The van der Waals surface area contributed by atoms with E-state index in [1.165, 1.54) is 4.90 Å². The molecule has 0 spiro atoms. The van der Waals surface area contributed by atoms with E-state index in [1.54, 1.807) is 12.1 Å². The van der Waals surface area contributed by atoms with Gasteiger partial charge in [-0.15, -0.1) is 0 Å². The van der Waals surface area contributed by atoms with Crippen molar-refractivity contribution < 1.29 is 14.0 Å². The highest BCUT2D eigenvalue weighted by Crippen LogP contribution is 2.20. The van der Waals surface area contributed by atoms with Gasteiger partial charge in [-0.25, -0.2) is 0 Å². The molecular weight excluding hydrogens is 280 g/mol. The molecule has 0 radical (unpaired) electrons. The third-order valence-corrected chi connectivity index (χ3v) is 3.36. The Hall–Kier alpha value is -2.56. The molecule has 0 aliphatic heterocycles. The van der Waals surface area contributed by atoms with Crippen molar-refractivity contribution >= 4 is 17.5 Å². The number of furan rings is 1. The van der Waals surface area contributed by atoms with Crippen LogP contribution in [0.2, 0.25) is 0 Å². The van der Waals surface area contributed by atoms with E-state index in [2.05, 4.69) is 0 Å². The molecule has 0 aliphatic rings. The zero-order valence-corrected chi connectivity index (χ0v) is 12.8. The molecule has 1 aromatic carbocycles. The Kier molecular flexibility index (Phi) is 4.99. The van der Waals surface area contributed by atoms with Crippen molar-refractivity contribution in [2.45, 2.75) is 26.7 Å². The number of anilines is 1. The van der Waals surface area contributed by atoms with Crippen molar-refractivity contribution in [3.8, 4) is 0 Å². The van der Waals surface area contributed by atoms with Gasteiger partial charge in [-0.1, -0.05) is 19.1 Å². The third kappa shape index (κ3) is 3.75. The highest BCUT2D eigenvalue weighted by Gasteiger charge is 2.21. The number of carbonyl (C=O) groups excluding carboxylic acids is 2. The fraction of sp³-hybridized carbons (Fsp3) is 0.294. The SMILES string of the molecule is CCc1ccc(C(=O)N(CCC(N)=O)c2cccc(C)c2)o1. The summed E-state index contributed by atoms with van der Waals surface area (Å²) in [6.45, 7) is 4.13. The number of nitrogens with zero attached hydrogens (tertiary/aromatic N) is 1. The van der Waals surface area contributed by atoms with Crippen molar-refractivity contribution in [1.29, 1.82) is 0 Å². The van der Waals surface area contributed by atoms with Crippen LogP contribution in [0.3, 0.4) is 0 Å². The largest absolute Gasteiger partial charge is 0.456 e. The van der Waals surface area contributed by atoms with Crippen LogP contribution >= 0.6 is 0 Å². The number of aryl methyl sites for hydroxylation is 2. The second-order valence-corrected chi connectivity index (χ2v) is 5.13. The fourth-order valence-electron chi connectivity index (χ4n) is 2.18. The first-order valence-corrected chi connectivity index (χ1v) is 7.26. The molecule has 116 valence electrons. The molecule has 2 rings (SSSR count). The minimum Gasteiger partial charge on any atom is -0.456 e. The predicted octanol–water partition coefficient (Wildman–Crippen LogP) is 2.67. The number of rotatable bonds is 6. The second-order valence-electron chi connectivity index (χ2n) is 5.13. The van der Waals surface area contributed by atoms with E-state index in [4.69, 9.17) is 10.2 Å². The van der Waals surface area contributed by atoms with Gasteiger partial charge in [0.2, 0.25) is 5.91 Å². The summed E-state index contributed by atoms with van der Waals surface area (Å²) < 4.78 is 5.53. The smallest absolute Gasteiger partial charge is 0.293 e. The predicted molar refractivity (Wildman–Crippen MR) is 84.8 cm³/mol. The van der Waals surface area contributed by atoms with E-state index >= 15 is 0 Å². The Morgan fingerprint density at radius 1 is 1.23 bits per heavy atom. The lowest BCUT2D eigenvalue weighted by atomic mass is 10.2. The average molecular weight is 300 g/mol. The van der Waals surface area contributed by atoms with Gasteiger partial charge >= 0.3 is 0 Å². The molecule has 5 heteroatoms. The first-order chi connectivity index (χ1) is 10.5. The van der Waals surface area contributed by atoms with Crippen LogP contribution in [0.1, 0.15) is 35.2 Å². The van der Waals surface area contributed by atoms with Gasteiger partial charge in [0, 0.05) is 25.1 Å². The minimum atomic E-state index is -0.445. The van der Waals surface area contributed by atoms with E-state index in [-0.39, 0.29) is 24.6 Å². The van der Waals surface area contributed by atoms with E-state index in [1.807, 2.05) is 38.1 Å². The Bertz CT molecular complexity index is 676. The molecule has 0 saturated carbocycles. The van der Waals surface area contributed by atoms with Crippen LogP contribution in [0.4, 0.5) is 5.69 Å². The maximum atomic E-state index is 12.7. The molecule has 1 aromatic heterocycles. The van der Waals surface area contributed by atoms with Crippen molar-refractivity contribution in [2.24, 2.45) is 5.73 Å². The molecule has 0 fully saturated rings. The molecule has 22 heavy (non-hydrogen) atoms. The number of hydrogen-bond donors (Lipinski definition) is 1. The highest BCUT2D eigenvalue weighted by atomic mass is 16.4. The van der Waals surface area contributed by atoms with E-state index < -0.39 is 5.91 Å². The van der Waals surface area contributed by atoms with Crippen molar-refractivity contribution in [3.63, 3.8) is 0 Å². The Morgan fingerprint density at radius 3 is 2.59 bits per heavy atom. The van der Waals surface area contributed by atoms with Crippen LogP contribution in [-0.4, -0.2) is 18.4 Å². The topological polar surface area (TPSA) is 76.5 Å². The van der Waals surface area contributed by atoms with E-state index in [0.29, 0.717) is 0 Å². The summed E-state index contributed by atoms with van der Waals surface area (Å²) in [6, 6.07) is 11.0. The van der Waals surface area contributed by atoms with Crippen LogP contribution in [0.5, 0.6) is 0 Å². The number of primary amides is 1. The van der Waals surface area contributed by atoms with Gasteiger partial charge < -0.3 is 15.1 Å². The van der Waals surface area contributed by atoms with Crippen LogP contribution in [0.25, 0.3) is 0 Å². The molecule has 0 saturated heterocycles. The summed E-state index contributed by atoms with van der Waals surface area (Å²) >= 11 is 0. The monoisotopic (exact) mass is 300 g/mol. The minimum absolute atomic E-state index is 0.0982. The Morgan fingerprint density at radius 2 is 2.00 bits per heavy atom. The molecule has 0 atom stereocenters. The lowest BCUT2D eigenvalue weighted by molar-refractivity contribution is -0.117. The molecule has 5 nitrogen and oxygen atoms in total. The van der Waals surface area contributed by atoms with Crippen molar-refractivity contribution in [2.75, 3.05) is 11.4 Å². The molecule has 2 amide bonds. The van der Waals surface area contributed by atoms with Crippen molar-refractivity contribution in [3.05, 3.63) is 53.5 Å². The molecule has 2 aromatic rings. The van der Waals surface area contributed by atoms with Gasteiger partial charge in [-0.2, -0.15) is 0 Å². The molecular formula is C17H20N2O3. The number of benzene rings is 1. The fourth-order valence-corrected chi connectivity index (χ4v) is 2.18. The summed E-state index contributed by atoms with van der Waals surface area (Å²) in [5.74, 6) is 0.302. The Labute approximate surface area is 129 Å². The van der Waals surface area contributed by atoms with Crippen LogP contribution in [0.15, 0.2) is 40.8 Å². The third-order valence-electron chi connectivity index (χ3n) is 3.36. The van der Waals surface area contributed by atoms with Gasteiger partial charge in [0.1, 0.15) is 5.76 Å². The van der Waals surface area contributed by atoms with Crippen molar-refractivity contribution in [1.82, 2.24) is 0 Å². The highest BCUT2D eigenvalue weighted by molar-refractivity contribution is 6.04. The zero-order chi connectivity index (χ0) is 16.1. The Balaban J connectivity index is 2.30.